The smallest absolute Gasteiger partial charge is 0.339 e. The molecule has 37 heavy (non-hydrogen) atoms. The molecule has 0 bridgehead atoms. The normalized spacial score (nSPS) is 27.8. The Bertz CT molecular complexity index is 1130. The Hall–Kier alpha value is -2.82. The van der Waals surface area contributed by atoms with Crippen molar-refractivity contribution in [3.63, 3.8) is 0 Å². The van der Waals surface area contributed by atoms with Gasteiger partial charge in [0.2, 0.25) is 6.79 Å². The average molecular weight is 518 g/mol. The second kappa shape index (κ2) is 9.18. The molecule has 0 radical (unpaired) electrons. The number of fused-ring (bicyclic) bond motifs is 3. The minimum atomic E-state index is -2.29. The Morgan fingerprint density at radius 2 is 1.89 bits per heavy atom. The predicted molar refractivity (Wildman–Crippen MR) is 130 cm³/mol. The zero-order chi connectivity index (χ0) is 26.6. The third kappa shape index (κ3) is 4.45. The van der Waals surface area contributed by atoms with Crippen molar-refractivity contribution in [3.05, 3.63) is 35.1 Å². The molecular formula is C27H35NO9. The molecule has 3 heterocycles. The summed E-state index contributed by atoms with van der Waals surface area (Å²) in [6.07, 6.45) is 2.76. The van der Waals surface area contributed by atoms with Crippen molar-refractivity contribution in [3.8, 4) is 11.5 Å². The molecule has 2 N–H and O–H groups in total. The van der Waals surface area contributed by atoms with Crippen LogP contribution in [-0.4, -0.2) is 84.0 Å². The maximum absolute atomic E-state index is 13.6. The van der Waals surface area contributed by atoms with E-state index in [9.17, 15) is 19.8 Å². The standard InChI is InChI=1S/C27H35NO9/c1-25(2,31)14-27(32,13-21(29)34-4)24(30)37-23-20(33-3)12-26-7-5-8-28(26)9-6-16-10-18-19(36-15-35-18)11-17(16)22(23)26/h10-12,22-23,31-32H,5-9,13-15H2,1-4H3. The Balaban J connectivity index is 1.56. The lowest BCUT2D eigenvalue weighted by atomic mass is 9.77. The van der Waals surface area contributed by atoms with Gasteiger partial charge in [0.25, 0.3) is 0 Å². The van der Waals surface area contributed by atoms with Crippen LogP contribution in [0.25, 0.3) is 0 Å². The van der Waals surface area contributed by atoms with Crippen LogP contribution >= 0.6 is 0 Å². The number of nitrogens with zero attached hydrogens (tertiary/aromatic N) is 1. The molecule has 5 rings (SSSR count). The Kier molecular flexibility index (Phi) is 6.40. The van der Waals surface area contributed by atoms with E-state index in [1.807, 2.05) is 12.1 Å². The monoisotopic (exact) mass is 517 g/mol. The van der Waals surface area contributed by atoms with Crippen LogP contribution in [0.2, 0.25) is 0 Å². The van der Waals surface area contributed by atoms with Crippen LogP contribution in [-0.2, 0) is 30.2 Å². The minimum Gasteiger partial charge on any atom is -0.497 e. The number of carbonyl (C=O) groups is 2. The van der Waals surface area contributed by atoms with Gasteiger partial charge in [0, 0.05) is 13.0 Å². The van der Waals surface area contributed by atoms with Gasteiger partial charge >= 0.3 is 11.9 Å². The number of ether oxygens (including phenoxy) is 5. The van der Waals surface area contributed by atoms with Gasteiger partial charge in [0.1, 0.15) is 5.76 Å². The third-order valence-electron chi connectivity index (χ3n) is 7.97. The van der Waals surface area contributed by atoms with Crippen LogP contribution in [0.15, 0.2) is 24.0 Å². The maximum Gasteiger partial charge on any atom is 0.339 e. The van der Waals surface area contributed by atoms with Crippen molar-refractivity contribution in [1.82, 2.24) is 4.90 Å². The molecule has 4 aliphatic rings. The number of benzene rings is 1. The topological polar surface area (TPSA) is 124 Å². The first-order valence-electron chi connectivity index (χ1n) is 12.7. The first-order chi connectivity index (χ1) is 17.5. The van der Waals surface area contributed by atoms with Gasteiger partial charge in [-0.3, -0.25) is 9.69 Å². The van der Waals surface area contributed by atoms with E-state index in [2.05, 4.69) is 11.0 Å². The van der Waals surface area contributed by atoms with E-state index >= 15 is 0 Å². The van der Waals surface area contributed by atoms with Gasteiger partial charge in [-0.05, 0) is 69.0 Å². The summed E-state index contributed by atoms with van der Waals surface area (Å²) in [7, 11) is 2.71. The quantitative estimate of drug-likeness (QED) is 0.518. The first-order valence-corrected chi connectivity index (χ1v) is 12.7. The fraction of sp³-hybridized carbons (Fsp3) is 0.630. The molecule has 1 spiro atoms. The summed E-state index contributed by atoms with van der Waals surface area (Å²) in [5.74, 6) is -0.311. The van der Waals surface area contributed by atoms with Crippen molar-refractivity contribution in [2.24, 2.45) is 0 Å². The Morgan fingerprint density at radius 3 is 2.57 bits per heavy atom. The number of hydrogen-bond acceptors (Lipinski definition) is 10. The molecule has 1 saturated heterocycles. The van der Waals surface area contributed by atoms with Crippen LogP contribution in [0.1, 0.15) is 56.6 Å². The van der Waals surface area contributed by atoms with Gasteiger partial charge in [0.15, 0.2) is 23.2 Å². The van der Waals surface area contributed by atoms with Crippen LogP contribution in [0, 0.1) is 0 Å². The molecule has 4 unspecified atom stereocenters. The zero-order valence-electron chi connectivity index (χ0n) is 21.7. The molecule has 1 fully saturated rings. The van der Waals surface area contributed by atoms with Crippen LogP contribution in [0.3, 0.4) is 0 Å². The molecule has 4 atom stereocenters. The zero-order valence-corrected chi connectivity index (χ0v) is 21.7. The van der Waals surface area contributed by atoms with Crippen molar-refractivity contribution in [2.45, 2.75) is 74.7 Å². The molecule has 0 saturated carbocycles. The van der Waals surface area contributed by atoms with E-state index in [0.29, 0.717) is 17.3 Å². The van der Waals surface area contributed by atoms with Gasteiger partial charge in [-0.2, -0.15) is 0 Å². The third-order valence-corrected chi connectivity index (χ3v) is 7.97. The fourth-order valence-electron chi connectivity index (χ4n) is 6.55. The summed E-state index contributed by atoms with van der Waals surface area (Å²) in [4.78, 5) is 28.2. The summed E-state index contributed by atoms with van der Waals surface area (Å²) in [6.45, 7) is 4.78. The molecule has 1 aromatic carbocycles. The molecular weight excluding hydrogens is 482 g/mol. The lowest BCUT2D eigenvalue weighted by molar-refractivity contribution is -0.183. The van der Waals surface area contributed by atoms with Gasteiger partial charge in [-0.1, -0.05) is 0 Å². The van der Waals surface area contributed by atoms with Crippen LogP contribution in [0.5, 0.6) is 11.5 Å². The van der Waals surface area contributed by atoms with Crippen molar-refractivity contribution >= 4 is 11.9 Å². The summed E-state index contributed by atoms with van der Waals surface area (Å²) < 4.78 is 27.9. The molecule has 10 heteroatoms. The van der Waals surface area contributed by atoms with E-state index in [-0.39, 0.29) is 12.7 Å². The largest absolute Gasteiger partial charge is 0.497 e. The summed E-state index contributed by atoms with van der Waals surface area (Å²) in [5.41, 5.74) is -2.12. The number of hydrogen-bond donors (Lipinski definition) is 2. The molecule has 1 aliphatic carbocycles. The molecule has 1 aromatic rings. The molecule has 0 amide bonds. The summed E-state index contributed by atoms with van der Waals surface area (Å²) >= 11 is 0. The van der Waals surface area contributed by atoms with Gasteiger partial charge in [0.05, 0.1) is 37.7 Å². The van der Waals surface area contributed by atoms with Crippen LogP contribution < -0.4 is 9.47 Å². The van der Waals surface area contributed by atoms with Crippen molar-refractivity contribution in [1.29, 1.82) is 0 Å². The second-order valence-corrected chi connectivity index (χ2v) is 11.1. The second-order valence-electron chi connectivity index (χ2n) is 11.1. The fourth-order valence-corrected chi connectivity index (χ4v) is 6.55. The van der Waals surface area contributed by atoms with E-state index in [0.717, 1.165) is 43.5 Å². The number of esters is 2. The average Bonchev–Trinajstić information content (AvgIpc) is 3.51. The Labute approximate surface area is 216 Å². The van der Waals surface area contributed by atoms with E-state index in [1.54, 1.807) is 0 Å². The van der Waals surface area contributed by atoms with Gasteiger partial charge < -0.3 is 33.9 Å². The first kappa shape index (κ1) is 25.8. The minimum absolute atomic E-state index is 0.150. The predicted octanol–water partition coefficient (Wildman–Crippen LogP) is 1.80. The summed E-state index contributed by atoms with van der Waals surface area (Å²) in [5, 5.41) is 21.8. The highest BCUT2D eigenvalue weighted by Gasteiger charge is 2.59. The van der Waals surface area contributed by atoms with Crippen LogP contribution in [0.4, 0.5) is 0 Å². The van der Waals surface area contributed by atoms with E-state index in [4.69, 9.17) is 23.7 Å². The summed E-state index contributed by atoms with van der Waals surface area (Å²) in [6, 6.07) is 3.97. The van der Waals surface area contributed by atoms with E-state index in [1.165, 1.54) is 28.1 Å². The number of aliphatic hydroxyl groups is 2. The molecule has 202 valence electrons. The van der Waals surface area contributed by atoms with Crippen molar-refractivity contribution < 1.29 is 43.5 Å². The number of rotatable bonds is 7. The number of carbonyl (C=O) groups excluding carboxylic acids is 2. The molecule has 0 aromatic heterocycles. The maximum atomic E-state index is 13.6. The van der Waals surface area contributed by atoms with Gasteiger partial charge in [-0.25, -0.2) is 4.79 Å². The molecule has 10 nitrogen and oxygen atoms in total. The highest BCUT2D eigenvalue weighted by atomic mass is 16.7. The van der Waals surface area contributed by atoms with Crippen molar-refractivity contribution in [2.75, 3.05) is 34.1 Å². The Morgan fingerprint density at radius 1 is 1.16 bits per heavy atom. The highest BCUT2D eigenvalue weighted by molar-refractivity contribution is 5.86. The lowest BCUT2D eigenvalue weighted by Gasteiger charge is -2.40. The highest BCUT2D eigenvalue weighted by Crippen LogP contribution is 2.55. The lowest BCUT2D eigenvalue weighted by Crippen LogP contribution is -2.51. The molecule has 3 aliphatic heterocycles. The SMILES string of the molecule is COC(=O)CC(O)(CC(C)(C)O)C(=O)OC1C(OC)=CC23CCCN2CCc2cc4c(cc2C13)OCO4. The number of methoxy groups -OCH3 is 2. The van der Waals surface area contributed by atoms with Gasteiger partial charge in [-0.15, -0.1) is 0 Å². The van der Waals surface area contributed by atoms with E-state index < -0.39 is 47.6 Å².